The van der Waals surface area contributed by atoms with Gasteiger partial charge < -0.3 is 9.47 Å². The van der Waals surface area contributed by atoms with Crippen LogP contribution in [-0.2, 0) is 11.3 Å². The minimum absolute atomic E-state index is 0.0574. The van der Waals surface area contributed by atoms with Crippen molar-refractivity contribution in [2.45, 2.75) is 43.6 Å². The number of amides is 1. The van der Waals surface area contributed by atoms with Crippen molar-refractivity contribution >= 4 is 23.4 Å². The largest absolute Gasteiger partial charge is 0.310 e. The molecule has 7 nitrogen and oxygen atoms in total. The maximum absolute atomic E-state index is 13.2. The third-order valence-corrected chi connectivity index (χ3v) is 5.58. The fraction of sp³-hybridized carbons (Fsp3) is 0.318. The van der Waals surface area contributed by atoms with Crippen LogP contribution in [0.15, 0.2) is 60.0 Å². The van der Waals surface area contributed by atoms with Crippen LogP contribution in [0.1, 0.15) is 26.7 Å². The molecule has 1 amide bonds. The Kier molecular flexibility index (Phi) is 7.57. The minimum Gasteiger partial charge on any atom is -0.310 e. The maximum Gasteiger partial charge on any atom is 0.240 e. The van der Waals surface area contributed by atoms with E-state index in [1.165, 1.54) is 11.8 Å². The molecule has 0 bridgehead atoms. The number of thioether (sulfide) groups is 1. The first kappa shape index (κ1) is 21.5. The van der Waals surface area contributed by atoms with Crippen LogP contribution < -0.4 is 4.90 Å². The molecule has 0 aliphatic carbocycles. The molecule has 8 heteroatoms. The molecule has 30 heavy (non-hydrogen) atoms. The van der Waals surface area contributed by atoms with E-state index in [0.29, 0.717) is 11.7 Å². The van der Waals surface area contributed by atoms with E-state index in [1.54, 1.807) is 17.3 Å². The normalized spacial score (nSPS) is 11.6. The average Bonchev–Trinajstić information content (AvgIpc) is 3.17. The maximum atomic E-state index is 13.2. The van der Waals surface area contributed by atoms with Gasteiger partial charge in [-0.2, -0.15) is 5.26 Å². The molecule has 0 saturated carbocycles. The van der Waals surface area contributed by atoms with Gasteiger partial charge in [0.1, 0.15) is 0 Å². The van der Waals surface area contributed by atoms with Gasteiger partial charge in [0.15, 0.2) is 11.0 Å². The lowest BCUT2D eigenvalue weighted by Gasteiger charge is -2.24. The van der Waals surface area contributed by atoms with Gasteiger partial charge in [-0.1, -0.05) is 36.9 Å². The second-order valence-corrected chi connectivity index (χ2v) is 8.00. The van der Waals surface area contributed by atoms with Crippen LogP contribution in [0.4, 0.5) is 5.69 Å². The van der Waals surface area contributed by atoms with Gasteiger partial charge in [0.2, 0.25) is 5.91 Å². The fourth-order valence-electron chi connectivity index (χ4n) is 3.08. The Hall–Kier alpha value is -3.18. The number of para-hydroxylation sites is 1. The first-order valence-corrected chi connectivity index (χ1v) is 10.8. The summed E-state index contributed by atoms with van der Waals surface area (Å²) in [4.78, 5) is 19.0. The first-order chi connectivity index (χ1) is 14.7. The summed E-state index contributed by atoms with van der Waals surface area (Å²) in [7, 11) is 0. The summed E-state index contributed by atoms with van der Waals surface area (Å²) < 4.78 is 2.05. The SMILES string of the molecule is CCCn1c(SC(C)C(=O)N(CCC#N)c2ccccc2)nnc1-c1ccncc1. The highest BCUT2D eigenvalue weighted by Crippen LogP contribution is 2.29. The van der Waals surface area contributed by atoms with E-state index in [2.05, 4.69) is 28.2 Å². The third kappa shape index (κ3) is 5.05. The topological polar surface area (TPSA) is 87.7 Å². The number of nitrogens with zero attached hydrogens (tertiary/aromatic N) is 6. The van der Waals surface area contributed by atoms with Gasteiger partial charge in [0, 0.05) is 36.7 Å². The van der Waals surface area contributed by atoms with E-state index in [0.717, 1.165) is 30.0 Å². The van der Waals surface area contributed by atoms with E-state index < -0.39 is 0 Å². The van der Waals surface area contributed by atoms with Gasteiger partial charge in [-0.15, -0.1) is 10.2 Å². The molecule has 0 aliphatic rings. The minimum atomic E-state index is -0.381. The second kappa shape index (κ2) is 10.6. The molecular formula is C22H24N6OS. The molecule has 2 heterocycles. The lowest BCUT2D eigenvalue weighted by Crippen LogP contribution is -2.37. The highest BCUT2D eigenvalue weighted by molar-refractivity contribution is 8.00. The Morgan fingerprint density at radius 2 is 1.93 bits per heavy atom. The number of aromatic nitrogens is 4. The molecule has 0 radical (unpaired) electrons. The molecule has 1 unspecified atom stereocenters. The summed E-state index contributed by atoms with van der Waals surface area (Å²) in [6.07, 6.45) is 4.65. The number of hydrogen-bond donors (Lipinski definition) is 0. The molecule has 2 aromatic heterocycles. The zero-order chi connectivity index (χ0) is 21.3. The Morgan fingerprint density at radius 1 is 1.20 bits per heavy atom. The van der Waals surface area contributed by atoms with Crippen molar-refractivity contribution in [2.24, 2.45) is 0 Å². The molecule has 1 aromatic carbocycles. The summed E-state index contributed by atoms with van der Waals surface area (Å²) in [6.45, 7) is 5.07. The molecule has 3 aromatic rings. The highest BCUT2D eigenvalue weighted by atomic mass is 32.2. The van der Waals surface area contributed by atoms with Crippen LogP contribution >= 0.6 is 11.8 Å². The number of carbonyl (C=O) groups is 1. The van der Waals surface area contributed by atoms with E-state index in [-0.39, 0.29) is 17.6 Å². The van der Waals surface area contributed by atoms with Crippen molar-refractivity contribution in [3.05, 3.63) is 54.9 Å². The van der Waals surface area contributed by atoms with Gasteiger partial charge in [-0.25, -0.2) is 0 Å². The van der Waals surface area contributed by atoms with Crippen LogP contribution in [0.25, 0.3) is 11.4 Å². The predicted octanol–water partition coefficient (Wildman–Crippen LogP) is 4.18. The number of rotatable bonds is 9. The van der Waals surface area contributed by atoms with Crippen molar-refractivity contribution in [3.63, 3.8) is 0 Å². The van der Waals surface area contributed by atoms with E-state index in [1.807, 2.05) is 54.0 Å². The van der Waals surface area contributed by atoms with Gasteiger partial charge >= 0.3 is 0 Å². The van der Waals surface area contributed by atoms with Crippen LogP contribution in [-0.4, -0.2) is 37.5 Å². The van der Waals surface area contributed by atoms with Crippen LogP contribution in [0.5, 0.6) is 0 Å². The van der Waals surface area contributed by atoms with Crippen LogP contribution in [0.2, 0.25) is 0 Å². The highest BCUT2D eigenvalue weighted by Gasteiger charge is 2.25. The smallest absolute Gasteiger partial charge is 0.240 e. The molecule has 0 aliphatic heterocycles. The molecule has 0 saturated heterocycles. The molecular weight excluding hydrogens is 396 g/mol. The third-order valence-electron chi connectivity index (χ3n) is 4.51. The number of anilines is 1. The van der Waals surface area contributed by atoms with Crippen LogP contribution in [0.3, 0.4) is 0 Å². The average molecular weight is 421 g/mol. The number of benzene rings is 1. The van der Waals surface area contributed by atoms with E-state index in [4.69, 9.17) is 5.26 Å². The first-order valence-electron chi connectivity index (χ1n) is 9.89. The van der Waals surface area contributed by atoms with Crippen molar-refractivity contribution in [3.8, 4) is 17.5 Å². The summed E-state index contributed by atoms with van der Waals surface area (Å²) in [5, 5.41) is 18.1. The zero-order valence-electron chi connectivity index (χ0n) is 17.1. The van der Waals surface area contributed by atoms with Gasteiger partial charge in [0.25, 0.3) is 0 Å². The molecule has 154 valence electrons. The van der Waals surface area contributed by atoms with Crippen molar-refractivity contribution in [2.75, 3.05) is 11.4 Å². The fourth-order valence-corrected chi connectivity index (χ4v) is 4.02. The molecule has 0 fully saturated rings. The Labute approximate surface area is 180 Å². The Morgan fingerprint density at radius 3 is 2.60 bits per heavy atom. The Balaban J connectivity index is 1.83. The number of carbonyl (C=O) groups excluding carboxylic acids is 1. The number of nitriles is 1. The summed E-state index contributed by atoms with van der Waals surface area (Å²) in [6, 6.07) is 15.4. The molecule has 0 spiro atoms. The van der Waals surface area contributed by atoms with Gasteiger partial charge in [0.05, 0.1) is 17.7 Å². The summed E-state index contributed by atoms with van der Waals surface area (Å²) >= 11 is 1.39. The standard InChI is InChI=1S/C22H24N6OS/c1-3-15-28-20(18-10-13-24-14-11-18)25-26-22(28)30-17(2)21(29)27(16-7-12-23)19-8-5-4-6-9-19/h4-6,8-11,13-14,17H,3,7,15-16H2,1-2H3. The van der Waals surface area contributed by atoms with Crippen molar-refractivity contribution in [1.29, 1.82) is 5.26 Å². The quantitative estimate of drug-likeness (QED) is 0.483. The number of hydrogen-bond acceptors (Lipinski definition) is 6. The molecule has 0 N–H and O–H groups in total. The predicted molar refractivity (Wildman–Crippen MR) is 118 cm³/mol. The molecule has 1 atom stereocenters. The van der Waals surface area contributed by atoms with E-state index >= 15 is 0 Å². The summed E-state index contributed by atoms with van der Waals surface area (Å²) in [5.41, 5.74) is 1.73. The second-order valence-electron chi connectivity index (χ2n) is 6.69. The zero-order valence-corrected chi connectivity index (χ0v) is 17.9. The molecule has 3 rings (SSSR count). The Bertz CT molecular complexity index is 999. The summed E-state index contributed by atoms with van der Waals surface area (Å²) in [5.74, 6) is 0.712. The van der Waals surface area contributed by atoms with Crippen LogP contribution in [0, 0.1) is 11.3 Å². The van der Waals surface area contributed by atoms with E-state index in [9.17, 15) is 4.79 Å². The monoisotopic (exact) mass is 420 g/mol. The lowest BCUT2D eigenvalue weighted by molar-refractivity contribution is -0.117. The van der Waals surface area contributed by atoms with Gasteiger partial charge in [-0.05, 0) is 37.6 Å². The number of pyridine rings is 1. The van der Waals surface area contributed by atoms with Crippen molar-refractivity contribution in [1.82, 2.24) is 19.7 Å². The lowest BCUT2D eigenvalue weighted by atomic mass is 10.2. The van der Waals surface area contributed by atoms with Crippen molar-refractivity contribution < 1.29 is 4.79 Å². The van der Waals surface area contributed by atoms with Gasteiger partial charge in [-0.3, -0.25) is 9.78 Å².